The van der Waals surface area contributed by atoms with E-state index in [9.17, 15) is 14.4 Å². The summed E-state index contributed by atoms with van der Waals surface area (Å²) in [5, 5.41) is 0. The van der Waals surface area contributed by atoms with Gasteiger partial charge in [-0.25, -0.2) is 0 Å². The van der Waals surface area contributed by atoms with Gasteiger partial charge in [-0.15, -0.1) is 0 Å². The van der Waals surface area contributed by atoms with Gasteiger partial charge in [0.05, 0.1) is 0 Å². The van der Waals surface area contributed by atoms with Crippen LogP contribution in [0.15, 0.2) is 48.6 Å². The summed E-state index contributed by atoms with van der Waals surface area (Å²) >= 11 is 0. The third kappa shape index (κ3) is 66.2. The monoisotopic (exact) mass is 1120 g/mol. The number of hydrogen-bond donors (Lipinski definition) is 0. The highest BCUT2D eigenvalue weighted by atomic mass is 16.6. The van der Waals surface area contributed by atoms with Crippen LogP contribution in [0.25, 0.3) is 0 Å². The zero-order valence-electron chi connectivity index (χ0n) is 53.9. The Balaban J connectivity index is 4.26. The average molecular weight is 1120 g/mol. The van der Waals surface area contributed by atoms with Crippen LogP contribution in [-0.4, -0.2) is 37.2 Å². The number of unbranched alkanes of at least 4 members (excludes halogenated alkanes) is 47. The summed E-state index contributed by atoms with van der Waals surface area (Å²) in [7, 11) is 0. The van der Waals surface area contributed by atoms with Crippen molar-refractivity contribution >= 4 is 17.9 Å². The molecule has 0 radical (unpaired) electrons. The highest BCUT2D eigenvalue weighted by Gasteiger charge is 2.19. The van der Waals surface area contributed by atoms with Crippen molar-refractivity contribution in [2.75, 3.05) is 13.2 Å². The molecule has 0 aliphatic heterocycles. The summed E-state index contributed by atoms with van der Waals surface area (Å²) in [6.07, 6.45) is 87.2. The Morgan fingerprint density at radius 3 is 0.762 bits per heavy atom. The fourth-order valence-corrected chi connectivity index (χ4v) is 10.8. The lowest BCUT2D eigenvalue weighted by Crippen LogP contribution is -2.30. The van der Waals surface area contributed by atoms with Crippen LogP contribution in [0.3, 0.4) is 0 Å². The normalized spacial score (nSPS) is 12.3. The number of esters is 3. The van der Waals surface area contributed by atoms with Crippen molar-refractivity contribution in [3.63, 3.8) is 0 Å². The first kappa shape index (κ1) is 77.4. The fraction of sp³-hybridized carbons (Fsp3) is 0.851. The van der Waals surface area contributed by atoms with Gasteiger partial charge in [-0.05, 0) is 57.8 Å². The van der Waals surface area contributed by atoms with Crippen LogP contribution in [0.1, 0.15) is 387 Å². The van der Waals surface area contributed by atoms with E-state index in [0.29, 0.717) is 19.3 Å². The average Bonchev–Trinajstić information content (AvgIpc) is 3.46. The highest BCUT2D eigenvalue weighted by molar-refractivity contribution is 5.71. The zero-order chi connectivity index (χ0) is 57.8. The largest absolute Gasteiger partial charge is 0.462 e. The van der Waals surface area contributed by atoms with Gasteiger partial charge < -0.3 is 14.2 Å². The van der Waals surface area contributed by atoms with E-state index in [-0.39, 0.29) is 31.1 Å². The first-order valence-electron chi connectivity index (χ1n) is 35.6. The molecule has 6 nitrogen and oxygen atoms in total. The van der Waals surface area contributed by atoms with Gasteiger partial charge in [0.1, 0.15) is 13.2 Å². The lowest BCUT2D eigenvalue weighted by Gasteiger charge is -2.18. The van der Waals surface area contributed by atoms with E-state index in [1.54, 1.807) is 0 Å². The Hall–Kier alpha value is -2.63. The standard InChI is InChI=1S/C74H136O6/c1-4-7-10-13-16-19-22-25-28-31-33-34-35-36-37-38-39-40-42-43-46-49-52-55-58-61-64-67-73(76)79-70-71(69-78-72(75)66-63-60-57-54-51-48-45-30-27-24-21-18-15-12-9-6-3)80-74(77)68-65-62-59-56-53-50-47-44-41-32-29-26-23-20-17-14-11-8-5-2/h8,11,17,20,26,29,41,44,71H,4-7,9-10,12-16,18-19,21-25,27-28,30-40,42-43,45-70H2,1-3H3/b11-8-,20-17-,29-26-,44-41-. The number of hydrogen-bond acceptors (Lipinski definition) is 6. The Morgan fingerprint density at radius 2 is 0.487 bits per heavy atom. The van der Waals surface area contributed by atoms with Crippen LogP contribution < -0.4 is 0 Å². The van der Waals surface area contributed by atoms with Crippen LogP contribution in [0.2, 0.25) is 0 Å². The molecule has 6 heteroatoms. The van der Waals surface area contributed by atoms with Gasteiger partial charge in [0.15, 0.2) is 6.10 Å². The minimum absolute atomic E-state index is 0.0737. The molecule has 0 N–H and O–H groups in total. The summed E-state index contributed by atoms with van der Waals surface area (Å²) < 4.78 is 17.0. The second-order valence-electron chi connectivity index (χ2n) is 24.1. The first-order chi connectivity index (χ1) is 39.5. The van der Waals surface area contributed by atoms with Crippen LogP contribution in [0.4, 0.5) is 0 Å². The molecule has 0 aliphatic rings. The van der Waals surface area contributed by atoms with Gasteiger partial charge in [0, 0.05) is 19.3 Å². The highest BCUT2D eigenvalue weighted by Crippen LogP contribution is 2.19. The van der Waals surface area contributed by atoms with E-state index in [1.165, 1.54) is 250 Å². The maximum Gasteiger partial charge on any atom is 0.306 e. The zero-order valence-corrected chi connectivity index (χ0v) is 53.9. The molecular formula is C74H136O6. The minimum atomic E-state index is -0.779. The molecule has 1 atom stereocenters. The number of ether oxygens (including phenoxy) is 3. The molecule has 0 aromatic carbocycles. The van der Waals surface area contributed by atoms with Gasteiger partial charge in [-0.2, -0.15) is 0 Å². The van der Waals surface area contributed by atoms with E-state index in [4.69, 9.17) is 14.2 Å². The van der Waals surface area contributed by atoms with Crippen molar-refractivity contribution in [3.05, 3.63) is 48.6 Å². The number of carbonyl (C=O) groups excluding carboxylic acids is 3. The summed E-state index contributed by atoms with van der Waals surface area (Å²) in [5.74, 6) is -0.859. The van der Waals surface area contributed by atoms with Crippen LogP contribution in [0.5, 0.6) is 0 Å². The van der Waals surface area contributed by atoms with Crippen molar-refractivity contribution < 1.29 is 28.6 Å². The van der Waals surface area contributed by atoms with Gasteiger partial charge in [0.25, 0.3) is 0 Å². The molecule has 0 bridgehead atoms. The molecule has 0 saturated carbocycles. The molecule has 0 fully saturated rings. The Kier molecular flexibility index (Phi) is 66.6. The van der Waals surface area contributed by atoms with E-state index in [0.717, 1.165) is 96.3 Å². The molecule has 0 saturated heterocycles. The summed E-state index contributed by atoms with van der Waals surface area (Å²) in [6, 6.07) is 0. The maximum absolute atomic E-state index is 12.9. The lowest BCUT2D eigenvalue weighted by atomic mass is 10.0. The summed E-state index contributed by atoms with van der Waals surface area (Å²) in [5.41, 5.74) is 0. The molecule has 0 rings (SSSR count). The molecule has 0 aromatic heterocycles. The Morgan fingerprint density at radius 1 is 0.263 bits per heavy atom. The van der Waals surface area contributed by atoms with Gasteiger partial charge in [0.2, 0.25) is 0 Å². The first-order valence-corrected chi connectivity index (χ1v) is 35.6. The molecule has 0 aliphatic carbocycles. The van der Waals surface area contributed by atoms with Crippen LogP contribution in [0, 0.1) is 0 Å². The van der Waals surface area contributed by atoms with Crippen molar-refractivity contribution in [2.24, 2.45) is 0 Å². The lowest BCUT2D eigenvalue weighted by molar-refractivity contribution is -0.167. The van der Waals surface area contributed by atoms with Crippen molar-refractivity contribution in [1.82, 2.24) is 0 Å². The Bertz CT molecular complexity index is 1380. The van der Waals surface area contributed by atoms with E-state index in [1.807, 2.05) is 0 Å². The summed E-state index contributed by atoms with van der Waals surface area (Å²) in [6.45, 7) is 6.59. The molecule has 0 amide bonds. The van der Waals surface area contributed by atoms with Crippen molar-refractivity contribution in [1.29, 1.82) is 0 Å². The van der Waals surface area contributed by atoms with E-state index < -0.39 is 6.10 Å². The van der Waals surface area contributed by atoms with Crippen LogP contribution in [-0.2, 0) is 28.6 Å². The Labute approximate surface area is 498 Å². The van der Waals surface area contributed by atoms with E-state index >= 15 is 0 Å². The molecule has 0 spiro atoms. The second-order valence-corrected chi connectivity index (χ2v) is 24.1. The third-order valence-electron chi connectivity index (χ3n) is 16.1. The fourth-order valence-electron chi connectivity index (χ4n) is 10.8. The SMILES string of the molecule is CC/C=C\C/C=C\C/C=C\C/C=C\CCCCCCCCC(=O)OC(COC(=O)CCCCCCCCCCCCCCCCCC)COC(=O)CCCCCCCCCCCCCCCCCCCCCCCCCCCCC. The van der Waals surface area contributed by atoms with Crippen LogP contribution >= 0.6 is 0 Å². The molecular weight excluding hydrogens is 985 g/mol. The molecule has 0 heterocycles. The topological polar surface area (TPSA) is 78.9 Å². The number of rotatable bonds is 66. The maximum atomic E-state index is 12.9. The number of allylic oxidation sites excluding steroid dienone is 8. The smallest absolute Gasteiger partial charge is 0.306 e. The number of carbonyl (C=O) groups is 3. The van der Waals surface area contributed by atoms with Crippen molar-refractivity contribution in [2.45, 2.75) is 393 Å². The second kappa shape index (κ2) is 68.9. The molecule has 80 heavy (non-hydrogen) atoms. The van der Waals surface area contributed by atoms with Gasteiger partial charge in [-0.3, -0.25) is 14.4 Å². The van der Waals surface area contributed by atoms with Gasteiger partial charge in [-0.1, -0.05) is 358 Å². The minimum Gasteiger partial charge on any atom is -0.462 e. The van der Waals surface area contributed by atoms with Crippen molar-refractivity contribution in [3.8, 4) is 0 Å². The van der Waals surface area contributed by atoms with Gasteiger partial charge >= 0.3 is 17.9 Å². The molecule has 1 unspecified atom stereocenters. The molecule has 0 aromatic rings. The predicted molar refractivity (Wildman–Crippen MR) is 349 cm³/mol. The van der Waals surface area contributed by atoms with E-state index in [2.05, 4.69) is 69.4 Å². The third-order valence-corrected chi connectivity index (χ3v) is 16.1. The predicted octanol–water partition coefficient (Wildman–Crippen LogP) is 24.5. The molecule has 468 valence electrons. The quantitative estimate of drug-likeness (QED) is 0.0261. The summed E-state index contributed by atoms with van der Waals surface area (Å²) in [4.78, 5) is 38.5.